The summed E-state index contributed by atoms with van der Waals surface area (Å²) in [5, 5.41) is 0. The van der Waals surface area contributed by atoms with Crippen LogP contribution in [0.4, 0.5) is 0 Å². The molecule has 1 fully saturated rings. The van der Waals surface area contributed by atoms with Gasteiger partial charge < -0.3 is 24.7 Å². The van der Waals surface area contributed by atoms with Gasteiger partial charge in [0.25, 0.3) is 0 Å². The van der Waals surface area contributed by atoms with Crippen molar-refractivity contribution in [2.75, 3.05) is 27.1 Å². The number of unbranched alkanes of at least 4 members (excludes halogenated alkanes) is 2. The van der Waals surface area contributed by atoms with Crippen molar-refractivity contribution in [2.45, 2.75) is 63.9 Å². The molecule has 0 aromatic rings. The normalized spacial score (nSPS) is 19.7. The molecule has 0 aliphatic carbocycles. The zero-order chi connectivity index (χ0) is 13.9. The van der Waals surface area contributed by atoms with Crippen molar-refractivity contribution < 1.29 is 18.9 Å². The smallest absolute Gasteiger partial charge is 0.157 e. The molecule has 114 valence electrons. The van der Waals surface area contributed by atoms with Crippen LogP contribution in [-0.2, 0) is 18.9 Å². The fourth-order valence-electron chi connectivity index (χ4n) is 2.26. The Morgan fingerprint density at radius 3 is 2.58 bits per heavy atom. The molecule has 0 unspecified atom stereocenters. The molecule has 0 amide bonds. The number of rotatable bonds is 11. The van der Waals surface area contributed by atoms with E-state index in [1.807, 2.05) is 0 Å². The number of nitrogens with two attached hydrogens (primary N) is 1. The topological polar surface area (TPSA) is 62.9 Å². The molecule has 0 aromatic carbocycles. The summed E-state index contributed by atoms with van der Waals surface area (Å²) in [5.41, 5.74) is 6.23. The zero-order valence-corrected chi connectivity index (χ0v) is 12.3. The molecular weight excluding hydrogens is 246 g/mol. The van der Waals surface area contributed by atoms with Gasteiger partial charge in [-0.25, -0.2) is 0 Å². The molecule has 2 N–H and O–H groups in total. The van der Waals surface area contributed by atoms with E-state index in [4.69, 9.17) is 24.7 Å². The summed E-state index contributed by atoms with van der Waals surface area (Å²) in [6.07, 6.45) is 6.23. The minimum absolute atomic E-state index is 0.0137. The van der Waals surface area contributed by atoms with E-state index in [9.17, 15) is 0 Å². The third kappa shape index (κ3) is 7.22. The SMILES string of the molecule is CCCCC[C@H](OCOC)[C@H](N)CCC1OCCO1. The summed E-state index contributed by atoms with van der Waals surface area (Å²) in [6.45, 7) is 3.89. The first-order valence-electron chi connectivity index (χ1n) is 7.37. The fraction of sp³-hybridized carbons (Fsp3) is 1.00. The van der Waals surface area contributed by atoms with Gasteiger partial charge in [0.2, 0.25) is 0 Å². The highest BCUT2D eigenvalue weighted by molar-refractivity contribution is 4.74. The van der Waals surface area contributed by atoms with Gasteiger partial charge in [-0.1, -0.05) is 26.2 Å². The van der Waals surface area contributed by atoms with E-state index in [0.29, 0.717) is 20.0 Å². The van der Waals surface area contributed by atoms with Crippen LogP contribution >= 0.6 is 0 Å². The van der Waals surface area contributed by atoms with Gasteiger partial charge in [-0.3, -0.25) is 0 Å². The molecule has 0 radical (unpaired) electrons. The molecule has 1 saturated heterocycles. The Bertz CT molecular complexity index is 210. The molecule has 1 heterocycles. The molecule has 5 nitrogen and oxygen atoms in total. The van der Waals surface area contributed by atoms with Gasteiger partial charge in [0, 0.05) is 13.2 Å². The molecule has 19 heavy (non-hydrogen) atoms. The minimum Gasteiger partial charge on any atom is -0.359 e. The van der Waals surface area contributed by atoms with Crippen LogP contribution in [-0.4, -0.2) is 45.6 Å². The first-order chi connectivity index (χ1) is 9.27. The fourth-order valence-corrected chi connectivity index (χ4v) is 2.26. The van der Waals surface area contributed by atoms with Crippen LogP contribution in [0.2, 0.25) is 0 Å². The van der Waals surface area contributed by atoms with E-state index < -0.39 is 0 Å². The predicted octanol–water partition coefficient (Wildman–Crippen LogP) is 2.04. The van der Waals surface area contributed by atoms with E-state index in [0.717, 1.165) is 25.7 Å². The monoisotopic (exact) mass is 275 g/mol. The van der Waals surface area contributed by atoms with Crippen molar-refractivity contribution in [3.05, 3.63) is 0 Å². The van der Waals surface area contributed by atoms with Gasteiger partial charge in [0.15, 0.2) is 6.29 Å². The lowest BCUT2D eigenvalue weighted by Crippen LogP contribution is -2.38. The summed E-state index contributed by atoms with van der Waals surface area (Å²) >= 11 is 0. The van der Waals surface area contributed by atoms with Gasteiger partial charge in [-0.15, -0.1) is 0 Å². The van der Waals surface area contributed by atoms with Crippen molar-refractivity contribution in [1.29, 1.82) is 0 Å². The van der Waals surface area contributed by atoms with Crippen molar-refractivity contribution in [3.8, 4) is 0 Å². The Kier molecular flexibility index (Phi) is 9.38. The Morgan fingerprint density at radius 1 is 1.21 bits per heavy atom. The Balaban J connectivity index is 2.24. The van der Waals surface area contributed by atoms with Crippen LogP contribution in [0, 0.1) is 0 Å². The van der Waals surface area contributed by atoms with Crippen molar-refractivity contribution in [1.82, 2.24) is 0 Å². The zero-order valence-electron chi connectivity index (χ0n) is 12.3. The van der Waals surface area contributed by atoms with Crippen LogP contribution in [0.3, 0.4) is 0 Å². The van der Waals surface area contributed by atoms with E-state index in [-0.39, 0.29) is 18.4 Å². The standard InChI is InChI=1S/C14H29NO4/c1-3-4-5-6-13(19-11-16-2)12(15)7-8-14-17-9-10-18-14/h12-14H,3-11,15H2,1-2H3/t12-,13+/m1/s1. The third-order valence-corrected chi connectivity index (χ3v) is 3.40. The Hall–Kier alpha value is -0.200. The predicted molar refractivity (Wildman–Crippen MR) is 73.8 cm³/mol. The van der Waals surface area contributed by atoms with E-state index in [1.165, 1.54) is 12.8 Å². The van der Waals surface area contributed by atoms with E-state index in [2.05, 4.69) is 6.92 Å². The molecule has 0 spiro atoms. The maximum Gasteiger partial charge on any atom is 0.157 e. The summed E-state index contributed by atoms with van der Waals surface area (Å²) in [5.74, 6) is 0. The lowest BCUT2D eigenvalue weighted by molar-refractivity contribution is -0.0886. The Morgan fingerprint density at radius 2 is 1.95 bits per heavy atom. The molecule has 1 aliphatic heterocycles. The summed E-state index contributed by atoms with van der Waals surface area (Å²) in [4.78, 5) is 0. The van der Waals surface area contributed by atoms with Crippen LogP contribution in [0.25, 0.3) is 0 Å². The van der Waals surface area contributed by atoms with Crippen molar-refractivity contribution >= 4 is 0 Å². The maximum atomic E-state index is 6.23. The lowest BCUT2D eigenvalue weighted by atomic mass is 10.0. The van der Waals surface area contributed by atoms with Crippen LogP contribution in [0.15, 0.2) is 0 Å². The molecule has 5 heteroatoms. The average molecular weight is 275 g/mol. The highest BCUT2D eigenvalue weighted by Crippen LogP contribution is 2.16. The van der Waals surface area contributed by atoms with Crippen LogP contribution in [0.1, 0.15) is 45.4 Å². The highest BCUT2D eigenvalue weighted by atomic mass is 16.7. The molecule has 2 atom stereocenters. The average Bonchev–Trinajstić information content (AvgIpc) is 2.93. The largest absolute Gasteiger partial charge is 0.359 e. The van der Waals surface area contributed by atoms with Crippen molar-refractivity contribution in [2.24, 2.45) is 5.73 Å². The maximum absolute atomic E-state index is 6.23. The number of hydrogen-bond acceptors (Lipinski definition) is 5. The van der Waals surface area contributed by atoms with Gasteiger partial charge in [-0.2, -0.15) is 0 Å². The number of ether oxygens (including phenoxy) is 4. The second kappa shape index (κ2) is 10.6. The molecule has 0 saturated carbocycles. The first kappa shape index (κ1) is 16.9. The summed E-state index contributed by atoms with van der Waals surface area (Å²) in [6, 6.07) is 0.0137. The van der Waals surface area contributed by atoms with Crippen molar-refractivity contribution in [3.63, 3.8) is 0 Å². The van der Waals surface area contributed by atoms with Gasteiger partial charge in [0.05, 0.1) is 19.3 Å². The van der Waals surface area contributed by atoms with Gasteiger partial charge in [-0.05, 0) is 19.3 Å². The quantitative estimate of drug-likeness (QED) is 0.462. The van der Waals surface area contributed by atoms with Gasteiger partial charge >= 0.3 is 0 Å². The summed E-state index contributed by atoms with van der Waals surface area (Å²) in [7, 11) is 1.63. The van der Waals surface area contributed by atoms with E-state index in [1.54, 1.807) is 7.11 Å². The Labute approximate surface area is 116 Å². The first-order valence-corrected chi connectivity index (χ1v) is 7.37. The molecular formula is C14H29NO4. The molecule has 1 rings (SSSR count). The molecule has 0 aromatic heterocycles. The molecule has 0 bridgehead atoms. The highest BCUT2D eigenvalue weighted by Gasteiger charge is 2.22. The van der Waals surface area contributed by atoms with Crippen LogP contribution in [0.5, 0.6) is 0 Å². The minimum atomic E-state index is -0.0789. The second-order valence-corrected chi connectivity index (χ2v) is 5.02. The summed E-state index contributed by atoms with van der Waals surface area (Å²) < 4.78 is 21.5. The lowest BCUT2D eigenvalue weighted by Gasteiger charge is -2.24. The van der Waals surface area contributed by atoms with E-state index >= 15 is 0 Å². The van der Waals surface area contributed by atoms with Gasteiger partial charge in [0.1, 0.15) is 6.79 Å². The van der Waals surface area contributed by atoms with Crippen LogP contribution < -0.4 is 5.73 Å². The number of methoxy groups -OCH3 is 1. The second-order valence-electron chi connectivity index (χ2n) is 5.02. The molecule has 1 aliphatic rings. The number of hydrogen-bond donors (Lipinski definition) is 1. The third-order valence-electron chi connectivity index (χ3n) is 3.40.